The zero-order valence-corrected chi connectivity index (χ0v) is 16.1. The molecular weight excluding hydrogens is 342 g/mol. The minimum atomic E-state index is -0.230. The summed E-state index contributed by atoms with van der Waals surface area (Å²) in [5, 5.41) is 11.2. The molecule has 27 heavy (non-hydrogen) atoms. The highest BCUT2D eigenvalue weighted by Crippen LogP contribution is 2.24. The molecule has 2 heterocycles. The molecule has 0 aliphatic carbocycles. The first kappa shape index (κ1) is 18.7. The summed E-state index contributed by atoms with van der Waals surface area (Å²) >= 11 is 0. The Morgan fingerprint density at radius 2 is 1.93 bits per heavy atom. The van der Waals surface area contributed by atoms with Crippen LogP contribution in [0.5, 0.6) is 5.75 Å². The van der Waals surface area contributed by atoms with Crippen molar-refractivity contribution in [2.75, 3.05) is 0 Å². The molecule has 0 aliphatic heterocycles. The molecule has 0 bridgehead atoms. The Kier molecular flexibility index (Phi) is 5.30. The number of carbonyl (C=O) groups excluding carboxylic acids is 1. The van der Waals surface area contributed by atoms with Crippen LogP contribution in [-0.4, -0.2) is 25.5 Å². The molecule has 0 spiro atoms. The number of carbonyl (C=O) groups is 1. The van der Waals surface area contributed by atoms with E-state index in [9.17, 15) is 4.79 Å². The highest BCUT2D eigenvalue weighted by molar-refractivity contribution is 5.92. The first-order valence-electron chi connectivity index (χ1n) is 8.84. The minimum absolute atomic E-state index is 0.110. The van der Waals surface area contributed by atoms with Gasteiger partial charge in [0, 0.05) is 31.5 Å². The largest absolute Gasteiger partial charge is 0.471 e. The summed E-state index contributed by atoms with van der Waals surface area (Å²) in [6.45, 7) is 7.18. The lowest BCUT2D eigenvalue weighted by Gasteiger charge is -2.19. The van der Waals surface area contributed by atoms with Crippen molar-refractivity contribution in [2.24, 2.45) is 7.05 Å². The van der Waals surface area contributed by atoms with Crippen LogP contribution in [0.25, 0.3) is 0 Å². The Labute approximate surface area is 159 Å². The van der Waals surface area contributed by atoms with Gasteiger partial charge in [-0.25, -0.2) is 4.68 Å². The number of nitrogens with zero attached hydrogens (tertiary/aromatic N) is 4. The topological polar surface area (TPSA) is 74.0 Å². The highest BCUT2D eigenvalue weighted by atomic mass is 16.5. The van der Waals surface area contributed by atoms with Gasteiger partial charge in [-0.15, -0.1) is 0 Å². The summed E-state index contributed by atoms with van der Waals surface area (Å²) < 4.78 is 9.03. The van der Waals surface area contributed by atoms with Crippen molar-refractivity contribution < 1.29 is 9.53 Å². The lowest BCUT2D eigenvalue weighted by atomic mass is 9.87. The van der Waals surface area contributed by atoms with Crippen LogP contribution in [0.1, 0.15) is 42.4 Å². The van der Waals surface area contributed by atoms with Crippen molar-refractivity contribution >= 4 is 5.91 Å². The quantitative estimate of drug-likeness (QED) is 0.727. The molecule has 0 unspecified atom stereocenters. The average molecular weight is 367 g/mol. The van der Waals surface area contributed by atoms with E-state index in [0.717, 1.165) is 11.3 Å². The van der Waals surface area contributed by atoms with Gasteiger partial charge in [0.2, 0.25) is 0 Å². The summed E-state index contributed by atoms with van der Waals surface area (Å²) in [5.74, 6) is 0.535. The third kappa shape index (κ3) is 4.97. The second-order valence-corrected chi connectivity index (χ2v) is 7.49. The number of nitrogens with one attached hydrogen (secondary N) is 1. The fraction of sp³-hybridized carbons (Fsp3) is 0.350. The number of ether oxygens (including phenoxy) is 1. The zero-order valence-electron chi connectivity index (χ0n) is 16.1. The Hall–Kier alpha value is -3.09. The number of hydrogen-bond acceptors (Lipinski definition) is 4. The molecule has 2 aromatic heterocycles. The van der Waals surface area contributed by atoms with Crippen LogP contribution >= 0.6 is 0 Å². The number of hydrogen-bond donors (Lipinski definition) is 1. The van der Waals surface area contributed by atoms with Crippen molar-refractivity contribution in [3.63, 3.8) is 0 Å². The van der Waals surface area contributed by atoms with Crippen molar-refractivity contribution in [3.8, 4) is 5.75 Å². The molecule has 0 saturated carbocycles. The van der Waals surface area contributed by atoms with Gasteiger partial charge in [-0.2, -0.15) is 10.2 Å². The van der Waals surface area contributed by atoms with Crippen molar-refractivity contribution in [1.82, 2.24) is 24.9 Å². The fourth-order valence-electron chi connectivity index (χ4n) is 2.58. The second kappa shape index (κ2) is 7.65. The van der Waals surface area contributed by atoms with Gasteiger partial charge in [-0.1, -0.05) is 32.9 Å². The molecule has 1 aromatic carbocycles. The van der Waals surface area contributed by atoms with Crippen LogP contribution in [0, 0.1) is 0 Å². The number of rotatable bonds is 6. The normalized spacial score (nSPS) is 11.4. The summed E-state index contributed by atoms with van der Waals surface area (Å²) in [6, 6.07) is 9.70. The molecule has 3 rings (SSSR count). The van der Waals surface area contributed by atoms with E-state index in [4.69, 9.17) is 4.74 Å². The van der Waals surface area contributed by atoms with Crippen molar-refractivity contribution in [1.29, 1.82) is 0 Å². The average Bonchev–Trinajstić information content (AvgIpc) is 3.26. The summed E-state index contributed by atoms with van der Waals surface area (Å²) in [5.41, 5.74) is 2.65. The Morgan fingerprint density at radius 3 is 2.56 bits per heavy atom. The van der Waals surface area contributed by atoms with E-state index in [1.54, 1.807) is 27.8 Å². The number of benzene rings is 1. The molecule has 7 heteroatoms. The van der Waals surface area contributed by atoms with E-state index in [1.807, 2.05) is 25.4 Å². The van der Waals surface area contributed by atoms with Crippen LogP contribution < -0.4 is 10.1 Å². The van der Waals surface area contributed by atoms with Crippen molar-refractivity contribution in [3.05, 3.63) is 65.7 Å². The lowest BCUT2D eigenvalue weighted by molar-refractivity contribution is 0.0944. The maximum absolute atomic E-state index is 12.2. The van der Waals surface area contributed by atoms with E-state index in [2.05, 4.69) is 48.4 Å². The van der Waals surface area contributed by atoms with E-state index >= 15 is 0 Å². The molecule has 142 valence electrons. The smallest absolute Gasteiger partial charge is 0.272 e. The molecule has 7 nitrogen and oxygen atoms in total. The maximum Gasteiger partial charge on any atom is 0.272 e. The first-order chi connectivity index (χ1) is 12.8. The van der Waals surface area contributed by atoms with Gasteiger partial charge in [0.05, 0.1) is 6.20 Å². The fourth-order valence-corrected chi connectivity index (χ4v) is 2.58. The third-order valence-electron chi connectivity index (χ3n) is 4.17. The molecule has 0 atom stereocenters. The lowest BCUT2D eigenvalue weighted by Crippen LogP contribution is -2.23. The van der Waals surface area contributed by atoms with Gasteiger partial charge in [0.1, 0.15) is 11.4 Å². The van der Waals surface area contributed by atoms with Crippen LogP contribution in [0.15, 0.2) is 48.9 Å². The standard InChI is InChI=1S/C20H25N5O2/c1-20(2,3)16-5-7-17(8-6-16)27-14-25-10-9-18(23-25)19(26)21-11-15-12-22-24(4)13-15/h5-10,12-13H,11,14H2,1-4H3,(H,21,26). The first-order valence-corrected chi connectivity index (χ1v) is 8.84. The Balaban J connectivity index is 1.52. The zero-order chi connectivity index (χ0) is 19.4. The molecule has 0 saturated heterocycles. The van der Waals surface area contributed by atoms with Gasteiger partial charge in [-0.3, -0.25) is 9.48 Å². The SMILES string of the molecule is Cn1cc(CNC(=O)c2ccn(COc3ccc(C(C)(C)C)cc3)n2)cn1. The van der Waals surface area contributed by atoms with Gasteiger partial charge in [0.25, 0.3) is 5.91 Å². The Bertz CT molecular complexity index is 903. The van der Waals surface area contributed by atoms with E-state index in [1.165, 1.54) is 5.56 Å². The van der Waals surface area contributed by atoms with Gasteiger partial charge < -0.3 is 10.1 Å². The van der Waals surface area contributed by atoms with E-state index in [-0.39, 0.29) is 18.1 Å². The Morgan fingerprint density at radius 1 is 1.19 bits per heavy atom. The number of aromatic nitrogens is 4. The highest BCUT2D eigenvalue weighted by Gasteiger charge is 2.13. The number of amides is 1. The van der Waals surface area contributed by atoms with E-state index < -0.39 is 0 Å². The monoisotopic (exact) mass is 367 g/mol. The molecule has 3 aromatic rings. The molecule has 0 fully saturated rings. The molecule has 0 radical (unpaired) electrons. The van der Waals surface area contributed by atoms with Crippen molar-refractivity contribution in [2.45, 2.75) is 39.5 Å². The summed E-state index contributed by atoms with van der Waals surface area (Å²) in [7, 11) is 1.84. The molecule has 1 amide bonds. The molecule has 0 aliphatic rings. The predicted octanol–water partition coefficient (Wildman–Crippen LogP) is 2.88. The minimum Gasteiger partial charge on any atom is -0.471 e. The van der Waals surface area contributed by atoms with Gasteiger partial charge >= 0.3 is 0 Å². The predicted molar refractivity (Wildman–Crippen MR) is 102 cm³/mol. The van der Waals surface area contributed by atoms with Crippen LogP contribution in [0.3, 0.4) is 0 Å². The third-order valence-corrected chi connectivity index (χ3v) is 4.17. The van der Waals surface area contributed by atoms with Gasteiger partial charge in [0.15, 0.2) is 6.73 Å². The van der Waals surface area contributed by atoms with Gasteiger partial charge in [-0.05, 0) is 29.2 Å². The van der Waals surface area contributed by atoms with Crippen LogP contribution in [0.2, 0.25) is 0 Å². The van der Waals surface area contributed by atoms with Crippen LogP contribution in [0.4, 0.5) is 0 Å². The maximum atomic E-state index is 12.2. The summed E-state index contributed by atoms with van der Waals surface area (Å²) in [4.78, 5) is 12.2. The second-order valence-electron chi connectivity index (χ2n) is 7.49. The van der Waals surface area contributed by atoms with E-state index in [0.29, 0.717) is 12.2 Å². The number of aryl methyl sites for hydroxylation is 1. The van der Waals surface area contributed by atoms with Crippen LogP contribution in [-0.2, 0) is 25.7 Å². The molecular formula is C20H25N5O2. The summed E-state index contributed by atoms with van der Waals surface area (Å²) in [6.07, 6.45) is 5.30. The molecule has 1 N–H and O–H groups in total.